The fourth-order valence-electron chi connectivity index (χ4n) is 8.98. The maximum Gasteiger partial charge on any atom is 0.136 e. The maximum atomic E-state index is 6.33. The molecule has 12 rings (SSSR count). The van der Waals surface area contributed by atoms with Crippen LogP contribution >= 0.6 is 11.3 Å². The Hall–Kier alpha value is -6.74. The summed E-state index contributed by atoms with van der Waals surface area (Å²) in [7, 11) is 0. The summed E-state index contributed by atoms with van der Waals surface area (Å²) in [5.74, 6) is 0. The molecule has 0 aliphatic rings. The van der Waals surface area contributed by atoms with Gasteiger partial charge in [-0.3, -0.25) is 0 Å². The molecule has 0 bridgehead atoms. The van der Waals surface area contributed by atoms with E-state index in [2.05, 4.69) is 176 Å². The smallest absolute Gasteiger partial charge is 0.136 e. The van der Waals surface area contributed by atoms with Gasteiger partial charge in [0.05, 0.1) is 0 Å². The van der Waals surface area contributed by atoms with E-state index in [1.807, 2.05) is 17.4 Å². The Morgan fingerprint density at radius 3 is 1.63 bits per heavy atom. The van der Waals surface area contributed by atoms with Crippen molar-refractivity contribution in [1.82, 2.24) is 0 Å². The molecule has 2 heterocycles. The van der Waals surface area contributed by atoms with Crippen LogP contribution in [0.2, 0.25) is 0 Å². The molecule has 0 amide bonds. The number of thiophene rings is 1. The van der Waals surface area contributed by atoms with Gasteiger partial charge in [-0.25, -0.2) is 0 Å². The SMILES string of the molecule is c1ccc(-c2ccc3ccc(-c4c5ccccc5c(-c5ccc6sc7c(ccc8ccc9oc%10ccccc%10c9c87)c6c5)c5ccccc45)cc3c2)cc1. The second kappa shape index (κ2) is 11.4. The molecular weight excluding hydrogens is 673 g/mol. The minimum atomic E-state index is 0.934. The lowest BCUT2D eigenvalue weighted by molar-refractivity contribution is 0.669. The van der Waals surface area contributed by atoms with Gasteiger partial charge >= 0.3 is 0 Å². The predicted molar refractivity (Wildman–Crippen MR) is 233 cm³/mol. The molecule has 0 aliphatic heterocycles. The molecule has 0 saturated heterocycles. The summed E-state index contributed by atoms with van der Waals surface area (Å²) in [5.41, 5.74) is 9.37. The summed E-state index contributed by atoms with van der Waals surface area (Å²) in [6.07, 6.45) is 0. The number of rotatable bonds is 3. The van der Waals surface area contributed by atoms with Gasteiger partial charge in [-0.15, -0.1) is 11.3 Å². The largest absolute Gasteiger partial charge is 0.456 e. The molecule has 0 radical (unpaired) electrons. The third kappa shape index (κ3) is 4.32. The van der Waals surface area contributed by atoms with Gasteiger partial charge in [-0.1, -0.05) is 146 Å². The maximum absolute atomic E-state index is 6.33. The second-order valence-corrected chi connectivity index (χ2v) is 15.4. The average Bonchev–Trinajstić information content (AvgIpc) is 3.81. The van der Waals surface area contributed by atoms with E-state index in [9.17, 15) is 0 Å². The molecule has 0 spiro atoms. The molecule has 2 heteroatoms. The van der Waals surface area contributed by atoms with Crippen molar-refractivity contribution in [2.75, 3.05) is 0 Å². The number of hydrogen-bond acceptors (Lipinski definition) is 2. The van der Waals surface area contributed by atoms with Gasteiger partial charge in [0.1, 0.15) is 11.2 Å². The van der Waals surface area contributed by atoms with Crippen molar-refractivity contribution in [2.24, 2.45) is 0 Å². The highest BCUT2D eigenvalue weighted by Crippen LogP contribution is 2.48. The topological polar surface area (TPSA) is 13.1 Å². The summed E-state index contributed by atoms with van der Waals surface area (Å²) in [6.45, 7) is 0. The van der Waals surface area contributed by atoms with Gasteiger partial charge in [-0.05, 0) is 107 Å². The Morgan fingerprint density at radius 2 is 0.889 bits per heavy atom. The number of benzene rings is 10. The average molecular weight is 703 g/mol. The van der Waals surface area contributed by atoms with Crippen molar-refractivity contribution in [1.29, 1.82) is 0 Å². The fourth-order valence-corrected chi connectivity index (χ4v) is 10.2. The molecule has 0 aliphatic carbocycles. The van der Waals surface area contributed by atoms with Crippen molar-refractivity contribution in [3.63, 3.8) is 0 Å². The normalized spacial score (nSPS) is 12.1. The molecule has 0 unspecified atom stereocenters. The second-order valence-electron chi connectivity index (χ2n) is 14.4. The minimum absolute atomic E-state index is 0.934. The van der Waals surface area contributed by atoms with Crippen molar-refractivity contribution in [2.45, 2.75) is 0 Å². The summed E-state index contributed by atoms with van der Waals surface area (Å²) < 4.78 is 8.94. The van der Waals surface area contributed by atoms with E-state index >= 15 is 0 Å². The molecule has 2 aromatic heterocycles. The van der Waals surface area contributed by atoms with Crippen LogP contribution in [0.5, 0.6) is 0 Å². The number of fused-ring (bicyclic) bond motifs is 12. The van der Waals surface area contributed by atoms with Crippen LogP contribution in [0.1, 0.15) is 0 Å². The molecule has 0 saturated carbocycles. The molecule has 0 atom stereocenters. The number of para-hydroxylation sites is 1. The Bertz CT molecular complexity index is 3440. The first kappa shape index (κ1) is 29.8. The van der Waals surface area contributed by atoms with Gasteiger partial charge < -0.3 is 4.42 Å². The first-order valence-corrected chi connectivity index (χ1v) is 19.3. The molecule has 0 N–H and O–H groups in total. The molecule has 0 fully saturated rings. The fraction of sp³-hybridized carbons (Fsp3) is 0. The van der Waals surface area contributed by atoms with E-state index in [1.165, 1.54) is 107 Å². The number of hydrogen-bond donors (Lipinski definition) is 0. The lowest BCUT2D eigenvalue weighted by Gasteiger charge is -2.18. The standard InChI is InChI=1S/C52H30OS/c1-2-10-31(11-3-1)34-20-18-32-19-21-35(29-37(32)28-34)48-38-12-4-6-14-40(38)49(41-15-7-5-13-39(41)48)36-24-27-47-44(30-36)42-25-22-33-23-26-46-51(50(33)52(42)54-47)43-16-8-9-17-45(43)53-46/h1-30H. The van der Waals surface area contributed by atoms with E-state index in [-0.39, 0.29) is 0 Å². The Morgan fingerprint density at radius 1 is 0.315 bits per heavy atom. The lowest BCUT2D eigenvalue weighted by Crippen LogP contribution is -1.91. The molecule has 54 heavy (non-hydrogen) atoms. The monoisotopic (exact) mass is 702 g/mol. The van der Waals surface area contributed by atoms with Crippen molar-refractivity contribution in [3.05, 3.63) is 182 Å². The van der Waals surface area contributed by atoms with Crippen LogP contribution < -0.4 is 0 Å². The third-order valence-electron chi connectivity index (χ3n) is 11.4. The third-order valence-corrected chi connectivity index (χ3v) is 12.6. The van der Waals surface area contributed by atoms with Gasteiger partial charge in [0.25, 0.3) is 0 Å². The first-order chi connectivity index (χ1) is 26.8. The van der Waals surface area contributed by atoms with Crippen LogP contribution in [0.15, 0.2) is 186 Å². The van der Waals surface area contributed by atoms with Crippen LogP contribution in [0.25, 0.3) is 119 Å². The molecule has 1 nitrogen and oxygen atoms in total. The Balaban J connectivity index is 1.09. The van der Waals surface area contributed by atoms with Gasteiger partial charge in [0.2, 0.25) is 0 Å². The van der Waals surface area contributed by atoms with E-state index in [4.69, 9.17) is 4.42 Å². The van der Waals surface area contributed by atoms with Gasteiger partial charge in [0, 0.05) is 36.3 Å². The minimum Gasteiger partial charge on any atom is -0.456 e. The number of furan rings is 1. The summed E-state index contributed by atoms with van der Waals surface area (Å²) >= 11 is 1.89. The van der Waals surface area contributed by atoms with Crippen molar-refractivity contribution >= 4 is 96.5 Å². The Kier molecular flexibility index (Phi) is 6.28. The zero-order valence-electron chi connectivity index (χ0n) is 29.1. The molecule has 10 aromatic carbocycles. The van der Waals surface area contributed by atoms with E-state index < -0.39 is 0 Å². The highest BCUT2D eigenvalue weighted by molar-refractivity contribution is 7.26. The Labute approximate surface area is 314 Å². The zero-order chi connectivity index (χ0) is 35.3. The van der Waals surface area contributed by atoms with Crippen molar-refractivity contribution < 1.29 is 4.42 Å². The summed E-state index contributed by atoms with van der Waals surface area (Å²) in [4.78, 5) is 0. The highest BCUT2D eigenvalue weighted by Gasteiger charge is 2.19. The molecule has 250 valence electrons. The molecular formula is C52H30OS. The van der Waals surface area contributed by atoms with Crippen LogP contribution in [-0.4, -0.2) is 0 Å². The van der Waals surface area contributed by atoms with E-state index in [1.54, 1.807) is 0 Å². The highest BCUT2D eigenvalue weighted by atomic mass is 32.1. The lowest BCUT2D eigenvalue weighted by atomic mass is 9.85. The zero-order valence-corrected chi connectivity index (χ0v) is 30.0. The van der Waals surface area contributed by atoms with Gasteiger partial charge in [-0.2, -0.15) is 0 Å². The first-order valence-electron chi connectivity index (χ1n) is 18.5. The van der Waals surface area contributed by atoms with Gasteiger partial charge in [0.15, 0.2) is 0 Å². The molecule has 12 aromatic rings. The summed E-state index contributed by atoms with van der Waals surface area (Å²) in [6, 6.07) is 66.8. The summed E-state index contributed by atoms with van der Waals surface area (Å²) in [5, 5.41) is 15.0. The van der Waals surface area contributed by atoms with Crippen LogP contribution in [0.3, 0.4) is 0 Å². The van der Waals surface area contributed by atoms with E-state index in [0.717, 1.165) is 11.2 Å². The quantitative estimate of drug-likeness (QED) is 0.167. The van der Waals surface area contributed by atoms with E-state index in [0.29, 0.717) is 0 Å². The van der Waals surface area contributed by atoms with Crippen LogP contribution in [0.4, 0.5) is 0 Å². The van der Waals surface area contributed by atoms with Crippen LogP contribution in [0, 0.1) is 0 Å². The van der Waals surface area contributed by atoms with Crippen LogP contribution in [-0.2, 0) is 0 Å². The predicted octanol–water partition coefficient (Wildman–Crippen LogP) is 15.6. The van der Waals surface area contributed by atoms with Crippen molar-refractivity contribution in [3.8, 4) is 33.4 Å².